The Balaban J connectivity index is 1.67. The number of nitrogens with two attached hydrogens (primary N) is 1. The summed E-state index contributed by atoms with van der Waals surface area (Å²) in [5.41, 5.74) is 11.4. The van der Waals surface area contributed by atoms with Crippen LogP contribution in [0.3, 0.4) is 0 Å². The first kappa shape index (κ1) is 21.7. The second kappa shape index (κ2) is 8.00. The molecule has 2 aromatic carbocycles. The van der Waals surface area contributed by atoms with Crippen LogP contribution in [0.15, 0.2) is 46.4 Å². The maximum absolute atomic E-state index is 9.49. The summed E-state index contributed by atoms with van der Waals surface area (Å²) in [6, 6.07) is 14.4. The Kier molecular flexibility index (Phi) is 5.25. The molecule has 6 nitrogen and oxygen atoms in total. The van der Waals surface area contributed by atoms with E-state index in [4.69, 9.17) is 25.2 Å². The Hall–Kier alpha value is -3.17. The maximum Gasteiger partial charge on any atom is 0.184 e. The summed E-state index contributed by atoms with van der Waals surface area (Å²) in [6.45, 7) is 1.96. The highest BCUT2D eigenvalue weighted by molar-refractivity contribution is 6.41. The molecule has 1 atom stereocenters. The molecule has 2 aromatic rings. The Morgan fingerprint density at radius 1 is 1.03 bits per heavy atom. The molecule has 2 N–H and O–H groups in total. The van der Waals surface area contributed by atoms with Gasteiger partial charge < -0.3 is 15.2 Å². The summed E-state index contributed by atoms with van der Waals surface area (Å²) in [6.07, 6.45) is 6.40. The minimum absolute atomic E-state index is 0.0672. The van der Waals surface area contributed by atoms with Crippen LogP contribution >= 0.6 is 0 Å². The number of rotatable bonds is 3. The second-order valence-electron chi connectivity index (χ2n) is 9.52. The third kappa shape index (κ3) is 3.34. The van der Waals surface area contributed by atoms with Crippen molar-refractivity contribution < 1.29 is 9.47 Å². The van der Waals surface area contributed by atoms with Gasteiger partial charge in [-0.15, -0.1) is 0 Å². The van der Waals surface area contributed by atoms with Crippen LogP contribution in [0.25, 0.3) is 11.1 Å². The Labute approximate surface area is 195 Å². The molecule has 1 heterocycles. The molecule has 1 saturated carbocycles. The molecule has 2 spiro atoms. The van der Waals surface area contributed by atoms with Crippen LogP contribution in [0.4, 0.5) is 0 Å². The number of hydrogen-bond acceptors (Lipinski definition) is 6. The van der Waals surface area contributed by atoms with E-state index in [2.05, 4.69) is 24.3 Å². The largest absolute Gasteiger partial charge is 0.497 e. The van der Waals surface area contributed by atoms with Gasteiger partial charge in [0.2, 0.25) is 0 Å². The van der Waals surface area contributed by atoms with Crippen LogP contribution < -0.4 is 10.5 Å². The molecule has 3 aliphatic rings. The number of methoxy groups -OCH3 is 2. The summed E-state index contributed by atoms with van der Waals surface area (Å²) < 4.78 is 11.1. The zero-order valence-electron chi connectivity index (χ0n) is 19.5. The van der Waals surface area contributed by atoms with Gasteiger partial charge in [0.05, 0.1) is 30.6 Å². The first-order valence-electron chi connectivity index (χ1n) is 11.6. The van der Waals surface area contributed by atoms with Gasteiger partial charge in [0.1, 0.15) is 11.6 Å². The van der Waals surface area contributed by atoms with Gasteiger partial charge in [0, 0.05) is 18.1 Å². The van der Waals surface area contributed by atoms with E-state index in [1.165, 1.54) is 5.56 Å². The number of amidine groups is 1. The number of benzene rings is 2. The van der Waals surface area contributed by atoms with Crippen molar-refractivity contribution in [1.82, 2.24) is 0 Å². The van der Waals surface area contributed by atoms with Crippen molar-refractivity contribution in [1.29, 1.82) is 5.26 Å². The van der Waals surface area contributed by atoms with Crippen LogP contribution in [-0.2, 0) is 16.8 Å². The summed E-state index contributed by atoms with van der Waals surface area (Å²) in [4.78, 5) is 10.3. The normalized spacial score (nSPS) is 28.2. The number of aliphatic imine (C=N–C) groups is 2. The highest BCUT2D eigenvalue weighted by Crippen LogP contribution is 2.60. The molecule has 0 saturated heterocycles. The average Bonchev–Trinajstić information content (AvgIpc) is 3.16. The van der Waals surface area contributed by atoms with E-state index in [1.54, 1.807) is 20.3 Å². The van der Waals surface area contributed by atoms with Crippen LogP contribution in [-0.4, -0.2) is 31.9 Å². The molecule has 6 heteroatoms. The fraction of sp³-hybridized carbons (Fsp3) is 0.444. The van der Waals surface area contributed by atoms with E-state index >= 15 is 0 Å². The zero-order valence-corrected chi connectivity index (χ0v) is 19.5. The van der Waals surface area contributed by atoms with Gasteiger partial charge in [-0.1, -0.05) is 12.1 Å². The van der Waals surface area contributed by atoms with Gasteiger partial charge in [0.25, 0.3) is 0 Å². The molecular formula is C27H30N4O2. The van der Waals surface area contributed by atoms with Crippen LogP contribution in [0, 0.1) is 16.7 Å². The van der Waals surface area contributed by atoms with E-state index in [9.17, 15) is 5.26 Å². The van der Waals surface area contributed by atoms with E-state index in [-0.39, 0.29) is 5.41 Å². The van der Waals surface area contributed by atoms with E-state index in [1.807, 2.05) is 19.1 Å². The number of fused-ring (bicyclic) bond motifs is 3. The predicted octanol–water partition coefficient (Wildman–Crippen LogP) is 4.74. The minimum Gasteiger partial charge on any atom is -0.497 e. The van der Waals surface area contributed by atoms with Crippen molar-refractivity contribution in [3.05, 3.63) is 53.1 Å². The zero-order chi connectivity index (χ0) is 23.2. The van der Waals surface area contributed by atoms with Crippen molar-refractivity contribution in [3.63, 3.8) is 0 Å². The number of nitrogens with zero attached hydrogens (tertiary/aromatic N) is 3. The van der Waals surface area contributed by atoms with Crippen LogP contribution in [0.2, 0.25) is 0 Å². The van der Waals surface area contributed by atoms with Gasteiger partial charge in [-0.3, -0.25) is 4.99 Å². The highest BCUT2D eigenvalue weighted by Gasteiger charge is 2.58. The van der Waals surface area contributed by atoms with Crippen LogP contribution in [0.5, 0.6) is 5.75 Å². The molecular weight excluding hydrogens is 412 g/mol. The SMILES string of the molecule is COc1cc(C#N)cc(-c2ccc3c(c2)C2(N=C(C)C(N)=N2)[C@]2(CC3)CC[C@H](OC)CC2)c1. The van der Waals surface area contributed by atoms with E-state index < -0.39 is 5.66 Å². The molecule has 1 unspecified atom stereocenters. The Bertz CT molecular complexity index is 1180. The lowest BCUT2D eigenvalue weighted by atomic mass is 9.57. The van der Waals surface area contributed by atoms with E-state index in [0.717, 1.165) is 60.9 Å². The molecule has 0 bridgehead atoms. The van der Waals surface area contributed by atoms with Gasteiger partial charge in [0.15, 0.2) is 5.66 Å². The summed E-state index contributed by atoms with van der Waals surface area (Å²) >= 11 is 0. The van der Waals surface area contributed by atoms with Gasteiger partial charge >= 0.3 is 0 Å². The topological polar surface area (TPSA) is 93.0 Å². The molecule has 1 aliphatic heterocycles. The number of ether oxygens (including phenoxy) is 2. The lowest BCUT2D eigenvalue weighted by Gasteiger charge is -2.52. The molecule has 0 aromatic heterocycles. The lowest BCUT2D eigenvalue weighted by molar-refractivity contribution is -0.0180. The molecule has 1 fully saturated rings. The number of hydrogen-bond donors (Lipinski definition) is 1. The number of nitriles is 1. The third-order valence-corrected chi connectivity index (χ3v) is 7.91. The highest BCUT2D eigenvalue weighted by atomic mass is 16.5. The van der Waals surface area contributed by atoms with Gasteiger partial charge in [-0.05, 0) is 86.4 Å². The Morgan fingerprint density at radius 3 is 2.45 bits per heavy atom. The van der Waals surface area contributed by atoms with Crippen molar-refractivity contribution >= 4 is 11.5 Å². The van der Waals surface area contributed by atoms with Crippen LogP contribution in [0.1, 0.15) is 55.7 Å². The molecule has 5 rings (SSSR count). The van der Waals surface area contributed by atoms with Crippen molar-refractivity contribution in [2.45, 2.75) is 57.2 Å². The third-order valence-electron chi connectivity index (χ3n) is 7.91. The summed E-state index contributed by atoms with van der Waals surface area (Å²) in [5.74, 6) is 1.21. The molecule has 0 radical (unpaired) electrons. The summed E-state index contributed by atoms with van der Waals surface area (Å²) in [7, 11) is 3.42. The Morgan fingerprint density at radius 2 is 1.82 bits per heavy atom. The van der Waals surface area contributed by atoms with Crippen molar-refractivity contribution in [2.75, 3.05) is 14.2 Å². The first-order chi connectivity index (χ1) is 15.9. The molecule has 33 heavy (non-hydrogen) atoms. The van der Waals surface area contributed by atoms with E-state index in [0.29, 0.717) is 23.3 Å². The molecule has 2 aliphatic carbocycles. The van der Waals surface area contributed by atoms with Crippen molar-refractivity contribution in [3.8, 4) is 22.9 Å². The maximum atomic E-state index is 9.49. The lowest BCUT2D eigenvalue weighted by Crippen LogP contribution is -2.49. The molecule has 170 valence electrons. The van der Waals surface area contributed by atoms with Gasteiger partial charge in [-0.25, -0.2) is 4.99 Å². The van der Waals surface area contributed by atoms with Gasteiger partial charge in [-0.2, -0.15) is 5.26 Å². The minimum atomic E-state index is -0.694. The monoisotopic (exact) mass is 442 g/mol. The predicted molar refractivity (Wildman–Crippen MR) is 130 cm³/mol. The number of aryl methyl sites for hydroxylation is 1. The first-order valence-corrected chi connectivity index (χ1v) is 11.6. The standard InChI is InChI=1S/C27H30N4O2/c1-17-25(29)31-27(30-17)24-15-20(21-12-18(16-28)13-23(14-21)33-3)5-4-19(24)6-9-26(27)10-7-22(32-2)8-11-26/h4-5,12-15,22H,6-11H2,1-3H3,(H2,29,31)/t22-,26+,27?. The molecule has 0 amide bonds. The van der Waals surface area contributed by atoms with Crippen molar-refractivity contribution in [2.24, 2.45) is 21.1 Å². The fourth-order valence-corrected chi connectivity index (χ4v) is 6.00. The summed E-state index contributed by atoms with van der Waals surface area (Å²) in [5, 5.41) is 9.49. The average molecular weight is 443 g/mol. The smallest absolute Gasteiger partial charge is 0.184 e. The second-order valence-corrected chi connectivity index (χ2v) is 9.52. The fourth-order valence-electron chi connectivity index (χ4n) is 6.00. The quantitative estimate of drug-likeness (QED) is 0.743.